The van der Waals surface area contributed by atoms with Crippen molar-refractivity contribution >= 4 is 24.3 Å². The molecular formula is C19H26ClNO. The van der Waals surface area contributed by atoms with E-state index in [1.54, 1.807) is 5.57 Å². The van der Waals surface area contributed by atoms with E-state index in [4.69, 9.17) is 0 Å². The van der Waals surface area contributed by atoms with Crippen molar-refractivity contribution in [2.45, 2.75) is 57.5 Å². The quantitative estimate of drug-likeness (QED) is 0.872. The molecule has 0 amide bonds. The molecule has 2 nitrogen and oxygen atoms in total. The number of hydrogen-bond acceptors (Lipinski definition) is 2. The van der Waals surface area contributed by atoms with Gasteiger partial charge in [0.15, 0.2) is 0 Å². The van der Waals surface area contributed by atoms with Gasteiger partial charge in [-0.15, -0.1) is 12.4 Å². The molecule has 0 aromatic heterocycles. The summed E-state index contributed by atoms with van der Waals surface area (Å²) in [6.45, 7) is 2.25. The first kappa shape index (κ1) is 17.2. The van der Waals surface area contributed by atoms with Crippen LogP contribution < -0.4 is 5.32 Å². The minimum Gasteiger partial charge on any atom is -0.311 e. The highest BCUT2D eigenvalue weighted by Crippen LogP contribution is 2.40. The fourth-order valence-electron chi connectivity index (χ4n) is 3.43. The van der Waals surface area contributed by atoms with Crippen LogP contribution in [0.5, 0.6) is 0 Å². The van der Waals surface area contributed by atoms with Crippen molar-refractivity contribution in [1.82, 2.24) is 5.32 Å². The van der Waals surface area contributed by atoms with Crippen molar-refractivity contribution in [3.63, 3.8) is 0 Å². The van der Waals surface area contributed by atoms with Gasteiger partial charge in [0.1, 0.15) is 5.78 Å². The Balaban J connectivity index is 0.00000176. The molecule has 3 heteroatoms. The summed E-state index contributed by atoms with van der Waals surface area (Å²) in [4.78, 5) is 11.3. The van der Waals surface area contributed by atoms with Crippen LogP contribution in [0.3, 0.4) is 0 Å². The van der Waals surface area contributed by atoms with Gasteiger partial charge in [-0.2, -0.15) is 0 Å². The molecule has 2 fully saturated rings. The van der Waals surface area contributed by atoms with Crippen molar-refractivity contribution in [3.8, 4) is 0 Å². The third-order valence-electron chi connectivity index (χ3n) is 4.82. The van der Waals surface area contributed by atoms with E-state index in [0.717, 1.165) is 32.1 Å². The van der Waals surface area contributed by atoms with Crippen LogP contribution in [0.25, 0.3) is 6.08 Å². The number of nitrogens with one attached hydrogen (secondary N) is 1. The second-order valence-corrected chi connectivity index (χ2v) is 6.41. The monoisotopic (exact) mass is 319 g/mol. The fraction of sp³-hybridized carbons (Fsp3) is 0.526. The Kier molecular flexibility index (Phi) is 6.22. The average molecular weight is 320 g/mol. The van der Waals surface area contributed by atoms with Crippen LogP contribution in [0.2, 0.25) is 0 Å². The molecule has 1 aromatic carbocycles. The summed E-state index contributed by atoms with van der Waals surface area (Å²) in [7, 11) is 0. The Morgan fingerprint density at radius 1 is 1.23 bits per heavy atom. The zero-order valence-electron chi connectivity index (χ0n) is 13.3. The van der Waals surface area contributed by atoms with Gasteiger partial charge in [0.2, 0.25) is 0 Å². The van der Waals surface area contributed by atoms with Crippen LogP contribution in [0.1, 0.15) is 51.0 Å². The first-order chi connectivity index (χ1) is 10.3. The van der Waals surface area contributed by atoms with Crippen LogP contribution in [0.15, 0.2) is 35.9 Å². The Morgan fingerprint density at radius 2 is 1.91 bits per heavy atom. The van der Waals surface area contributed by atoms with E-state index in [1.807, 2.05) is 0 Å². The zero-order valence-corrected chi connectivity index (χ0v) is 14.1. The van der Waals surface area contributed by atoms with Gasteiger partial charge in [-0.3, -0.25) is 4.79 Å². The number of carbonyl (C=O) groups is 1. The lowest BCUT2D eigenvalue weighted by atomic mass is 9.94. The molecule has 0 bridgehead atoms. The highest BCUT2D eigenvalue weighted by molar-refractivity contribution is 5.85. The lowest BCUT2D eigenvalue weighted by Gasteiger charge is -2.22. The molecule has 1 unspecified atom stereocenters. The SMILES string of the molecule is CCC(=Cc1ccccc1)C1C[C@@H]1NC1CCC(=O)CC1.Cl. The number of rotatable bonds is 5. The third-order valence-corrected chi connectivity index (χ3v) is 4.82. The molecule has 0 radical (unpaired) electrons. The lowest BCUT2D eigenvalue weighted by molar-refractivity contribution is -0.120. The molecule has 2 atom stereocenters. The summed E-state index contributed by atoms with van der Waals surface area (Å²) in [6.07, 6.45) is 8.36. The number of benzene rings is 1. The zero-order chi connectivity index (χ0) is 14.7. The van der Waals surface area contributed by atoms with Crippen LogP contribution in [-0.4, -0.2) is 17.9 Å². The highest BCUT2D eigenvalue weighted by atomic mass is 35.5. The standard InChI is InChI=1S/C19H25NO.ClH/c1-2-15(12-14-6-4-3-5-7-14)18-13-19(18)20-16-8-10-17(21)11-9-16;/h3-7,12,16,18-20H,2,8-11,13H2,1H3;1H/t18?,19-;/m0./s1. The van der Waals surface area contributed by atoms with Crippen molar-refractivity contribution in [2.24, 2.45) is 5.92 Å². The summed E-state index contributed by atoms with van der Waals surface area (Å²) >= 11 is 0. The van der Waals surface area contributed by atoms with Crippen LogP contribution >= 0.6 is 12.4 Å². The van der Waals surface area contributed by atoms with Gasteiger partial charge < -0.3 is 5.32 Å². The first-order valence-electron chi connectivity index (χ1n) is 8.29. The van der Waals surface area contributed by atoms with Gasteiger partial charge in [0.05, 0.1) is 0 Å². The first-order valence-corrected chi connectivity index (χ1v) is 8.29. The predicted octanol–water partition coefficient (Wildman–Crippen LogP) is 4.39. The molecule has 0 spiro atoms. The maximum absolute atomic E-state index is 11.3. The topological polar surface area (TPSA) is 29.1 Å². The van der Waals surface area contributed by atoms with Crippen LogP contribution in [0, 0.1) is 5.92 Å². The van der Waals surface area contributed by atoms with Gasteiger partial charge in [-0.1, -0.05) is 48.9 Å². The molecular weight excluding hydrogens is 294 g/mol. The number of Topliss-reactive ketones (excluding diaryl/α,β-unsaturated/α-hetero) is 1. The summed E-state index contributed by atoms with van der Waals surface area (Å²) < 4.78 is 0. The second-order valence-electron chi connectivity index (χ2n) is 6.41. The lowest BCUT2D eigenvalue weighted by Crippen LogP contribution is -2.35. The largest absolute Gasteiger partial charge is 0.311 e. The maximum Gasteiger partial charge on any atom is 0.133 e. The average Bonchev–Trinajstić information content (AvgIpc) is 3.27. The molecule has 22 heavy (non-hydrogen) atoms. The Hall–Kier alpha value is -1.12. The van der Waals surface area contributed by atoms with Crippen LogP contribution in [-0.2, 0) is 4.79 Å². The molecule has 1 aromatic rings. The van der Waals surface area contributed by atoms with Crippen molar-refractivity contribution < 1.29 is 4.79 Å². The summed E-state index contributed by atoms with van der Waals surface area (Å²) in [5, 5.41) is 3.77. The summed E-state index contributed by atoms with van der Waals surface area (Å²) in [5.74, 6) is 1.14. The van der Waals surface area contributed by atoms with E-state index in [1.165, 1.54) is 12.0 Å². The van der Waals surface area contributed by atoms with Gasteiger partial charge >= 0.3 is 0 Å². The van der Waals surface area contributed by atoms with Gasteiger partial charge in [-0.25, -0.2) is 0 Å². The summed E-state index contributed by atoms with van der Waals surface area (Å²) in [6, 6.07) is 11.8. The van der Waals surface area contributed by atoms with E-state index < -0.39 is 0 Å². The minimum atomic E-state index is 0. The molecule has 0 saturated heterocycles. The summed E-state index contributed by atoms with van der Waals surface area (Å²) in [5.41, 5.74) is 2.87. The van der Waals surface area contributed by atoms with Crippen LogP contribution in [0.4, 0.5) is 0 Å². The number of carbonyl (C=O) groups excluding carboxylic acids is 1. The van der Waals surface area contributed by atoms with Gasteiger partial charge in [0.25, 0.3) is 0 Å². The molecule has 0 aliphatic heterocycles. The predicted molar refractivity (Wildman–Crippen MR) is 94.3 cm³/mol. The smallest absolute Gasteiger partial charge is 0.133 e. The normalized spacial score (nSPS) is 25.7. The second kappa shape index (κ2) is 7.94. The highest BCUT2D eigenvalue weighted by Gasteiger charge is 2.40. The van der Waals surface area contributed by atoms with E-state index >= 15 is 0 Å². The Labute approximate surface area is 139 Å². The molecule has 120 valence electrons. The molecule has 0 heterocycles. The molecule has 1 N–H and O–H groups in total. The van der Waals surface area contributed by atoms with Gasteiger partial charge in [0, 0.05) is 24.9 Å². The third kappa shape index (κ3) is 4.44. The number of halogens is 1. The molecule has 3 rings (SSSR count). The maximum atomic E-state index is 11.3. The van der Waals surface area contributed by atoms with Crippen molar-refractivity contribution in [2.75, 3.05) is 0 Å². The molecule has 2 saturated carbocycles. The van der Waals surface area contributed by atoms with E-state index in [-0.39, 0.29) is 12.4 Å². The Morgan fingerprint density at radius 3 is 2.55 bits per heavy atom. The van der Waals surface area contributed by atoms with E-state index in [0.29, 0.717) is 23.8 Å². The molecule has 2 aliphatic carbocycles. The minimum absolute atomic E-state index is 0. The number of hydrogen-bond donors (Lipinski definition) is 1. The van der Waals surface area contributed by atoms with E-state index in [2.05, 4.69) is 48.6 Å². The fourth-order valence-corrected chi connectivity index (χ4v) is 3.43. The molecule has 2 aliphatic rings. The van der Waals surface area contributed by atoms with Crippen molar-refractivity contribution in [1.29, 1.82) is 0 Å². The van der Waals surface area contributed by atoms with Gasteiger partial charge in [-0.05, 0) is 37.2 Å². The number of ketones is 1. The van der Waals surface area contributed by atoms with E-state index in [9.17, 15) is 4.79 Å². The Bertz CT molecular complexity index is 515. The van der Waals surface area contributed by atoms with Crippen molar-refractivity contribution in [3.05, 3.63) is 41.5 Å².